The number of carbonyl (C=O) groups excluding carboxylic acids is 1. The topological polar surface area (TPSA) is 56.6 Å². The molecule has 1 fully saturated rings. The first kappa shape index (κ1) is 21.7. The fourth-order valence-electron chi connectivity index (χ4n) is 3.40. The molecular formula is C22H30FN3O2. The molecule has 28 heavy (non-hydrogen) atoms. The van der Waals surface area contributed by atoms with Crippen molar-refractivity contribution in [2.45, 2.75) is 66.2 Å². The van der Waals surface area contributed by atoms with Gasteiger partial charge in [0.2, 0.25) is 0 Å². The van der Waals surface area contributed by atoms with Crippen LogP contribution in [0.25, 0.3) is 6.08 Å². The zero-order valence-corrected chi connectivity index (χ0v) is 17.8. The molecule has 1 heterocycles. The van der Waals surface area contributed by atoms with Crippen LogP contribution in [0.3, 0.4) is 0 Å². The van der Waals surface area contributed by atoms with Crippen LogP contribution in [-0.2, 0) is 4.74 Å². The van der Waals surface area contributed by atoms with Crippen molar-refractivity contribution in [2.24, 2.45) is 0 Å². The summed E-state index contributed by atoms with van der Waals surface area (Å²) in [7, 11) is 0. The number of piperazine rings is 1. The summed E-state index contributed by atoms with van der Waals surface area (Å²) < 4.78 is 20.1. The highest BCUT2D eigenvalue weighted by atomic mass is 19.1. The Hall–Kier alpha value is -2.55. The van der Waals surface area contributed by atoms with Gasteiger partial charge in [-0.15, -0.1) is 0 Å². The van der Waals surface area contributed by atoms with Crippen LogP contribution in [0.2, 0.25) is 0 Å². The Morgan fingerprint density at radius 3 is 2.43 bits per heavy atom. The normalized spacial score (nSPS) is 19.8. The highest BCUT2D eigenvalue weighted by Gasteiger charge is 2.35. The van der Waals surface area contributed by atoms with E-state index in [4.69, 9.17) is 4.74 Å². The lowest BCUT2D eigenvalue weighted by molar-refractivity contribution is 0.0130. The number of carbonyl (C=O) groups is 1. The minimum atomic E-state index is -0.563. The van der Waals surface area contributed by atoms with Crippen molar-refractivity contribution >= 4 is 17.9 Å². The van der Waals surface area contributed by atoms with Crippen LogP contribution in [0.1, 0.15) is 59.6 Å². The molecule has 1 aliphatic rings. The Labute approximate surface area is 167 Å². The van der Waals surface area contributed by atoms with Gasteiger partial charge < -0.3 is 14.5 Å². The number of rotatable bonds is 2. The molecule has 0 aliphatic carbocycles. The van der Waals surface area contributed by atoms with Crippen LogP contribution in [0.5, 0.6) is 0 Å². The van der Waals surface area contributed by atoms with E-state index >= 15 is 0 Å². The number of hydrogen-bond donors (Lipinski definition) is 0. The number of halogens is 1. The first-order valence-electron chi connectivity index (χ1n) is 9.57. The Balaban J connectivity index is 2.35. The summed E-state index contributed by atoms with van der Waals surface area (Å²) in [4.78, 5) is 16.2. The molecule has 2 unspecified atom stereocenters. The molecule has 6 heteroatoms. The van der Waals surface area contributed by atoms with Crippen molar-refractivity contribution in [2.75, 3.05) is 18.0 Å². The van der Waals surface area contributed by atoms with Gasteiger partial charge in [-0.25, -0.2) is 9.18 Å². The van der Waals surface area contributed by atoms with Gasteiger partial charge in [0.15, 0.2) is 0 Å². The van der Waals surface area contributed by atoms with Gasteiger partial charge in [0.1, 0.15) is 23.1 Å². The number of benzene rings is 1. The van der Waals surface area contributed by atoms with Crippen molar-refractivity contribution in [3.05, 3.63) is 34.6 Å². The molecule has 152 valence electrons. The molecule has 0 spiro atoms. The number of amides is 1. The van der Waals surface area contributed by atoms with Gasteiger partial charge in [0.05, 0.1) is 5.69 Å². The third-order valence-electron chi connectivity index (χ3n) is 4.58. The van der Waals surface area contributed by atoms with Crippen molar-refractivity contribution < 1.29 is 13.9 Å². The lowest BCUT2D eigenvalue weighted by atomic mass is 10.0. The average molecular weight is 387 g/mol. The van der Waals surface area contributed by atoms with E-state index in [0.717, 1.165) is 11.1 Å². The third kappa shape index (κ3) is 5.03. The molecule has 5 nitrogen and oxygen atoms in total. The van der Waals surface area contributed by atoms with Crippen molar-refractivity contribution in [3.63, 3.8) is 0 Å². The summed E-state index contributed by atoms with van der Waals surface area (Å²) in [5, 5.41) is 9.51. The fourth-order valence-corrected chi connectivity index (χ4v) is 3.40. The van der Waals surface area contributed by atoms with Gasteiger partial charge in [0.25, 0.3) is 0 Å². The Morgan fingerprint density at radius 1 is 1.25 bits per heavy atom. The summed E-state index contributed by atoms with van der Waals surface area (Å²) >= 11 is 0. The number of anilines is 1. The van der Waals surface area contributed by atoms with Gasteiger partial charge in [0, 0.05) is 25.2 Å². The van der Waals surface area contributed by atoms with Gasteiger partial charge in [-0.05, 0) is 66.2 Å². The van der Waals surface area contributed by atoms with Crippen molar-refractivity contribution in [1.29, 1.82) is 5.26 Å². The summed E-state index contributed by atoms with van der Waals surface area (Å²) in [6, 6.07) is 5.02. The Morgan fingerprint density at radius 2 is 1.89 bits per heavy atom. The van der Waals surface area contributed by atoms with Crippen molar-refractivity contribution in [1.82, 2.24) is 4.90 Å². The first-order valence-corrected chi connectivity index (χ1v) is 9.57. The Kier molecular flexibility index (Phi) is 6.38. The molecule has 0 aromatic heterocycles. The molecule has 1 aromatic rings. The van der Waals surface area contributed by atoms with Gasteiger partial charge in [-0.2, -0.15) is 5.26 Å². The average Bonchev–Trinajstić information content (AvgIpc) is 2.53. The lowest BCUT2D eigenvalue weighted by Gasteiger charge is -2.45. The minimum absolute atomic E-state index is 0.0377. The molecule has 0 saturated carbocycles. The molecule has 2 atom stereocenters. The predicted molar refractivity (Wildman–Crippen MR) is 110 cm³/mol. The van der Waals surface area contributed by atoms with E-state index in [-0.39, 0.29) is 23.7 Å². The first-order chi connectivity index (χ1) is 12.9. The molecule has 1 aliphatic heterocycles. The van der Waals surface area contributed by atoms with E-state index in [2.05, 4.69) is 0 Å². The highest BCUT2D eigenvalue weighted by molar-refractivity contribution is 5.71. The Bertz CT molecular complexity index is 816. The monoisotopic (exact) mass is 387 g/mol. The third-order valence-corrected chi connectivity index (χ3v) is 4.58. The maximum Gasteiger partial charge on any atom is 0.410 e. The van der Waals surface area contributed by atoms with E-state index in [9.17, 15) is 14.4 Å². The standard InChI is InChI=1S/C22H30FN3O2/c1-14(2)8-17-9-19(23)18(11-24)20(10-17)25-12-16(4)26(13-15(25)3)21(27)28-22(5,6)7/h8-10,15-16H,12-13H2,1-7H3. The summed E-state index contributed by atoms with van der Waals surface area (Å²) in [5.41, 5.74) is 1.81. The van der Waals surface area contributed by atoms with Crippen LogP contribution in [0, 0.1) is 17.1 Å². The zero-order chi connectivity index (χ0) is 21.2. The van der Waals surface area contributed by atoms with E-state index in [1.807, 2.05) is 71.6 Å². The molecule has 0 N–H and O–H groups in total. The molecular weight excluding hydrogens is 357 g/mol. The van der Waals surface area contributed by atoms with Crippen molar-refractivity contribution in [3.8, 4) is 6.07 Å². The smallest absolute Gasteiger partial charge is 0.410 e. The predicted octanol–water partition coefficient (Wildman–Crippen LogP) is 4.95. The summed E-state index contributed by atoms with van der Waals surface area (Å²) in [6.45, 7) is 14.2. The second-order valence-electron chi connectivity index (χ2n) is 8.71. The van der Waals surface area contributed by atoms with E-state index in [1.54, 1.807) is 4.90 Å². The zero-order valence-electron chi connectivity index (χ0n) is 17.8. The molecule has 0 bridgehead atoms. The van der Waals surface area contributed by atoms with E-state index < -0.39 is 11.4 Å². The second kappa shape index (κ2) is 8.22. The second-order valence-corrected chi connectivity index (χ2v) is 8.71. The molecule has 2 rings (SSSR count). The summed E-state index contributed by atoms with van der Waals surface area (Å²) in [5.74, 6) is -0.526. The van der Waals surface area contributed by atoms with Gasteiger partial charge in [-0.3, -0.25) is 0 Å². The van der Waals surface area contributed by atoms with Gasteiger partial charge >= 0.3 is 6.09 Å². The quantitative estimate of drug-likeness (QED) is 0.720. The number of ether oxygens (including phenoxy) is 1. The minimum Gasteiger partial charge on any atom is -0.444 e. The number of nitriles is 1. The van der Waals surface area contributed by atoms with E-state index in [1.165, 1.54) is 6.07 Å². The molecule has 1 saturated heterocycles. The maximum absolute atomic E-state index is 14.6. The number of hydrogen-bond acceptors (Lipinski definition) is 4. The number of allylic oxidation sites excluding steroid dienone is 1. The molecule has 1 aromatic carbocycles. The molecule has 0 radical (unpaired) electrons. The van der Waals surface area contributed by atoms with Crippen LogP contribution in [-0.4, -0.2) is 41.8 Å². The van der Waals surface area contributed by atoms with E-state index in [0.29, 0.717) is 18.8 Å². The van der Waals surface area contributed by atoms with Crippen LogP contribution in [0.15, 0.2) is 17.7 Å². The largest absolute Gasteiger partial charge is 0.444 e. The van der Waals surface area contributed by atoms with Crippen LogP contribution < -0.4 is 4.90 Å². The molecule has 1 amide bonds. The highest BCUT2D eigenvalue weighted by Crippen LogP contribution is 2.31. The lowest BCUT2D eigenvalue weighted by Crippen LogP contribution is -2.59. The fraction of sp³-hybridized carbons (Fsp3) is 0.545. The maximum atomic E-state index is 14.6. The number of nitrogens with zero attached hydrogens (tertiary/aromatic N) is 3. The van der Waals surface area contributed by atoms with Crippen LogP contribution >= 0.6 is 0 Å². The van der Waals surface area contributed by atoms with Crippen LogP contribution in [0.4, 0.5) is 14.9 Å². The SMILES string of the molecule is CC(C)=Cc1cc(F)c(C#N)c(N2CC(C)N(C(=O)OC(C)(C)C)CC2C)c1. The van der Waals surface area contributed by atoms with Gasteiger partial charge in [-0.1, -0.05) is 11.6 Å². The summed E-state index contributed by atoms with van der Waals surface area (Å²) in [6.07, 6.45) is 1.54.